The van der Waals surface area contributed by atoms with Crippen molar-refractivity contribution in [1.82, 2.24) is 15.1 Å². The number of carbonyl (C=O) groups is 3. The Kier molecular flexibility index (Phi) is 5.89. The van der Waals surface area contributed by atoms with Crippen LogP contribution in [0.15, 0.2) is 17.5 Å². The number of nitrogens with zero attached hydrogens (tertiary/aromatic N) is 2. The summed E-state index contributed by atoms with van der Waals surface area (Å²) in [7, 11) is 0. The molecule has 1 spiro atoms. The molecule has 1 aromatic rings. The SMILES string of the molecule is CSCCC1NC2(CCN(C(=O)c3cccs3)CC2)N(CC(=O)O)C1=O. The molecule has 2 fully saturated rings. The Balaban J connectivity index is 1.72. The fraction of sp³-hybridized carbons (Fsp3) is 0.588. The molecule has 0 aromatic carbocycles. The minimum absolute atomic E-state index is 0.00268. The van der Waals surface area contributed by atoms with E-state index in [1.54, 1.807) is 16.7 Å². The molecule has 7 nitrogen and oxygen atoms in total. The molecular formula is C17H23N3O4S2. The lowest BCUT2D eigenvalue weighted by atomic mass is 9.95. The number of nitrogens with one attached hydrogen (secondary N) is 1. The number of carboxylic acids is 1. The molecule has 1 atom stereocenters. The maximum absolute atomic E-state index is 12.7. The summed E-state index contributed by atoms with van der Waals surface area (Å²) < 4.78 is 0. The summed E-state index contributed by atoms with van der Waals surface area (Å²) in [4.78, 5) is 40.5. The zero-order valence-corrected chi connectivity index (χ0v) is 16.3. The first-order valence-corrected chi connectivity index (χ1v) is 10.9. The number of hydrogen-bond acceptors (Lipinski definition) is 6. The van der Waals surface area contributed by atoms with Crippen LogP contribution in [-0.2, 0) is 9.59 Å². The fourth-order valence-electron chi connectivity index (χ4n) is 3.71. The lowest BCUT2D eigenvalue weighted by molar-refractivity contribution is -0.147. The Morgan fingerprint density at radius 1 is 1.42 bits per heavy atom. The van der Waals surface area contributed by atoms with Gasteiger partial charge in [-0.05, 0) is 29.9 Å². The first-order valence-electron chi connectivity index (χ1n) is 8.59. The lowest BCUT2D eigenvalue weighted by Gasteiger charge is -2.44. The molecule has 2 aliphatic heterocycles. The Hall–Kier alpha value is -1.58. The van der Waals surface area contributed by atoms with Crippen molar-refractivity contribution in [2.75, 3.05) is 31.6 Å². The van der Waals surface area contributed by atoms with Gasteiger partial charge in [-0.2, -0.15) is 11.8 Å². The minimum Gasteiger partial charge on any atom is -0.480 e. The summed E-state index contributed by atoms with van der Waals surface area (Å²) in [5.41, 5.74) is -0.662. The average Bonchev–Trinajstić information content (AvgIpc) is 3.24. The second-order valence-corrected chi connectivity index (χ2v) is 8.53. The van der Waals surface area contributed by atoms with Crippen LogP contribution < -0.4 is 5.32 Å². The van der Waals surface area contributed by atoms with Crippen LogP contribution in [0.25, 0.3) is 0 Å². The number of amides is 2. The van der Waals surface area contributed by atoms with Gasteiger partial charge in [-0.15, -0.1) is 11.3 Å². The quantitative estimate of drug-likeness (QED) is 0.753. The molecule has 2 saturated heterocycles. The third-order valence-electron chi connectivity index (χ3n) is 5.04. The standard InChI is InChI=1S/C17H23N3O4S2/c1-25-10-4-12-15(23)20(11-14(21)22)17(18-12)5-7-19(8-6-17)16(24)13-3-2-9-26-13/h2-3,9,12,18H,4-8,10-11H2,1H3,(H,21,22). The number of rotatable bonds is 6. The van der Waals surface area contributed by atoms with Crippen LogP contribution >= 0.6 is 23.1 Å². The van der Waals surface area contributed by atoms with E-state index in [1.165, 1.54) is 16.2 Å². The predicted molar refractivity (Wildman–Crippen MR) is 101 cm³/mol. The number of piperidine rings is 1. The Morgan fingerprint density at radius 2 is 2.15 bits per heavy atom. The van der Waals surface area contributed by atoms with Crippen LogP contribution in [0.5, 0.6) is 0 Å². The van der Waals surface area contributed by atoms with E-state index >= 15 is 0 Å². The second kappa shape index (κ2) is 7.98. The number of carbonyl (C=O) groups excluding carboxylic acids is 2. The molecule has 3 heterocycles. The van der Waals surface area contributed by atoms with Crippen LogP contribution in [0.4, 0.5) is 0 Å². The highest BCUT2D eigenvalue weighted by Gasteiger charge is 2.52. The van der Waals surface area contributed by atoms with Crippen molar-refractivity contribution >= 4 is 40.9 Å². The first-order chi connectivity index (χ1) is 12.5. The zero-order valence-electron chi connectivity index (χ0n) is 14.6. The third-order valence-corrected chi connectivity index (χ3v) is 6.54. The van der Waals surface area contributed by atoms with Crippen molar-refractivity contribution in [2.24, 2.45) is 0 Å². The number of thiophene rings is 1. The molecule has 9 heteroatoms. The van der Waals surface area contributed by atoms with Crippen molar-refractivity contribution in [1.29, 1.82) is 0 Å². The normalized spacial score (nSPS) is 22.2. The maximum Gasteiger partial charge on any atom is 0.323 e. The highest BCUT2D eigenvalue weighted by atomic mass is 32.2. The summed E-state index contributed by atoms with van der Waals surface area (Å²) in [6.07, 6.45) is 3.74. The van der Waals surface area contributed by atoms with E-state index in [1.807, 2.05) is 23.8 Å². The van der Waals surface area contributed by atoms with E-state index < -0.39 is 11.6 Å². The van der Waals surface area contributed by atoms with Crippen LogP contribution in [0.3, 0.4) is 0 Å². The van der Waals surface area contributed by atoms with E-state index in [9.17, 15) is 19.5 Å². The molecule has 3 rings (SSSR count). The predicted octanol–water partition coefficient (Wildman–Crippen LogP) is 1.32. The molecule has 1 unspecified atom stereocenters. The number of thioether (sulfide) groups is 1. The molecule has 0 aliphatic carbocycles. The van der Waals surface area contributed by atoms with Crippen molar-refractivity contribution in [3.8, 4) is 0 Å². The first kappa shape index (κ1) is 19.2. The molecular weight excluding hydrogens is 374 g/mol. The molecule has 0 bridgehead atoms. The van der Waals surface area contributed by atoms with E-state index in [2.05, 4.69) is 5.32 Å². The smallest absolute Gasteiger partial charge is 0.323 e. The van der Waals surface area contributed by atoms with E-state index in [0.717, 1.165) is 5.75 Å². The largest absolute Gasteiger partial charge is 0.480 e. The van der Waals surface area contributed by atoms with Gasteiger partial charge in [0, 0.05) is 25.9 Å². The monoisotopic (exact) mass is 397 g/mol. The van der Waals surface area contributed by atoms with E-state index in [0.29, 0.717) is 37.2 Å². The van der Waals surface area contributed by atoms with E-state index in [4.69, 9.17) is 0 Å². The van der Waals surface area contributed by atoms with Crippen molar-refractivity contribution in [3.63, 3.8) is 0 Å². The van der Waals surface area contributed by atoms with Gasteiger partial charge in [-0.25, -0.2) is 0 Å². The highest BCUT2D eigenvalue weighted by molar-refractivity contribution is 7.98. The lowest BCUT2D eigenvalue weighted by Crippen LogP contribution is -2.60. The van der Waals surface area contributed by atoms with Gasteiger partial charge >= 0.3 is 5.97 Å². The summed E-state index contributed by atoms with van der Waals surface area (Å²) in [5, 5.41) is 14.5. The number of likely N-dealkylation sites (tertiary alicyclic amines) is 1. The van der Waals surface area contributed by atoms with Gasteiger partial charge in [0.05, 0.1) is 16.6 Å². The van der Waals surface area contributed by atoms with Crippen molar-refractivity contribution in [3.05, 3.63) is 22.4 Å². The molecule has 2 aliphatic rings. The molecule has 2 amide bonds. The molecule has 0 saturated carbocycles. The van der Waals surface area contributed by atoms with Gasteiger partial charge in [-0.1, -0.05) is 6.07 Å². The van der Waals surface area contributed by atoms with Gasteiger partial charge in [-0.3, -0.25) is 19.7 Å². The van der Waals surface area contributed by atoms with Gasteiger partial charge in [0.1, 0.15) is 6.54 Å². The van der Waals surface area contributed by atoms with E-state index in [-0.39, 0.29) is 24.4 Å². The molecule has 1 aromatic heterocycles. The van der Waals surface area contributed by atoms with Crippen molar-refractivity contribution < 1.29 is 19.5 Å². The van der Waals surface area contributed by atoms with Gasteiger partial charge in [0.25, 0.3) is 5.91 Å². The van der Waals surface area contributed by atoms with Crippen LogP contribution in [-0.4, -0.2) is 76.0 Å². The third kappa shape index (κ3) is 3.74. The van der Waals surface area contributed by atoms with Gasteiger partial charge in [0.2, 0.25) is 5.91 Å². The molecule has 26 heavy (non-hydrogen) atoms. The Morgan fingerprint density at radius 3 is 2.73 bits per heavy atom. The number of carboxylic acid groups (broad SMARTS) is 1. The summed E-state index contributed by atoms with van der Waals surface area (Å²) >= 11 is 3.08. The van der Waals surface area contributed by atoms with Crippen LogP contribution in [0, 0.1) is 0 Å². The number of hydrogen-bond donors (Lipinski definition) is 2. The minimum atomic E-state index is -1.01. The van der Waals surface area contributed by atoms with Gasteiger partial charge in [0.15, 0.2) is 0 Å². The molecule has 2 N–H and O–H groups in total. The summed E-state index contributed by atoms with van der Waals surface area (Å²) in [5.74, 6) is -0.312. The fourth-order valence-corrected chi connectivity index (χ4v) is 4.87. The zero-order chi connectivity index (χ0) is 18.7. The van der Waals surface area contributed by atoms with Crippen molar-refractivity contribution in [2.45, 2.75) is 31.0 Å². The highest BCUT2D eigenvalue weighted by Crippen LogP contribution is 2.34. The Labute approximate surface area is 160 Å². The summed E-state index contributed by atoms with van der Waals surface area (Å²) in [6.45, 7) is 0.700. The molecule has 0 radical (unpaired) electrons. The van der Waals surface area contributed by atoms with Crippen LogP contribution in [0.1, 0.15) is 28.9 Å². The topological polar surface area (TPSA) is 90.0 Å². The second-order valence-electron chi connectivity index (χ2n) is 6.60. The van der Waals surface area contributed by atoms with Crippen LogP contribution in [0.2, 0.25) is 0 Å². The number of aliphatic carboxylic acids is 1. The molecule has 142 valence electrons. The van der Waals surface area contributed by atoms with Gasteiger partial charge < -0.3 is 14.9 Å². The Bertz CT molecular complexity index is 672. The maximum atomic E-state index is 12.7. The summed E-state index contributed by atoms with van der Waals surface area (Å²) in [6, 6.07) is 3.32. The average molecular weight is 398 g/mol.